The van der Waals surface area contributed by atoms with Crippen LogP contribution in [0, 0.1) is 0 Å². The molecule has 0 bridgehead atoms. The lowest BCUT2D eigenvalue weighted by molar-refractivity contribution is -0.875. The number of likely N-dealkylation sites (N-methyl/N-ethyl adjacent to an activating group) is 1. The number of hydrogen-bond donors (Lipinski definition) is 0. The summed E-state index contributed by atoms with van der Waals surface area (Å²) in [5.74, 6) is -0.960. The Hall–Kier alpha value is 0.127. The molecule has 0 heterocycles. The van der Waals surface area contributed by atoms with Crippen LogP contribution in [0.4, 0.5) is 0 Å². The predicted octanol–water partition coefficient (Wildman–Crippen LogP) is 0.268. The second-order valence-corrected chi connectivity index (χ2v) is 10.6. The summed E-state index contributed by atoms with van der Waals surface area (Å²) in [5, 5.41) is 10.4. The maximum Gasteiger partial charge on any atom is 0.118 e. The van der Waals surface area contributed by atoms with Gasteiger partial charge >= 0.3 is 0 Å². The number of carbonyl (C=O) groups is 1. The zero-order chi connectivity index (χ0) is 9.99. The van der Waals surface area contributed by atoms with Crippen LogP contribution in [0.3, 0.4) is 0 Å². The number of carboxylic acids is 1. The van der Waals surface area contributed by atoms with Gasteiger partial charge in [0.15, 0.2) is 0 Å². The number of rotatable bonds is 4. The number of carbonyl (C=O) groups excluding carboxylic acids is 1. The largest absolute Gasteiger partial charge is 0.544 e. The number of nitrogens with zero attached hydrogens (tertiary/aromatic N) is 1. The van der Waals surface area contributed by atoms with E-state index in [4.69, 9.17) is 0 Å². The van der Waals surface area contributed by atoms with Crippen molar-refractivity contribution in [1.29, 1.82) is 0 Å². The van der Waals surface area contributed by atoms with Gasteiger partial charge in [-0.1, -0.05) is 19.6 Å². The zero-order valence-electron chi connectivity index (χ0n) is 9.09. The second kappa shape index (κ2) is 5.12. The Bertz CT molecular complexity index is 177. The number of aliphatic carboxylic acids is 1. The quantitative estimate of drug-likeness (QED) is 0.543. The molecule has 13 heavy (non-hydrogen) atoms. The van der Waals surface area contributed by atoms with Gasteiger partial charge in [-0.15, -0.1) is 17.0 Å². The molecule has 0 aliphatic heterocycles. The van der Waals surface area contributed by atoms with E-state index in [1.807, 2.05) is 14.1 Å². The molecule has 80 valence electrons. The molecule has 3 nitrogen and oxygen atoms in total. The minimum atomic E-state index is -1.18. The minimum Gasteiger partial charge on any atom is -0.544 e. The van der Waals surface area contributed by atoms with E-state index < -0.39 is 14.0 Å². The molecular weight excluding hydrogens is 250 g/mol. The van der Waals surface area contributed by atoms with Crippen molar-refractivity contribution in [2.75, 3.05) is 26.8 Å². The van der Waals surface area contributed by atoms with Gasteiger partial charge in [0.05, 0.1) is 26.2 Å². The Labute approximate surface area is 92.1 Å². The Morgan fingerprint density at radius 1 is 1.31 bits per heavy atom. The maximum atomic E-state index is 10.4. The monoisotopic (exact) mass is 269 g/mol. The lowest BCUT2D eigenvalue weighted by atomic mass is 10.5. The summed E-state index contributed by atoms with van der Waals surface area (Å²) in [7, 11) is 2.70. The number of hydrogen-bond acceptors (Lipinski definition) is 2. The van der Waals surface area contributed by atoms with Gasteiger partial charge in [-0.25, -0.2) is 0 Å². The lowest BCUT2D eigenvalue weighted by Gasteiger charge is -2.35. The molecule has 0 amide bonds. The van der Waals surface area contributed by atoms with Gasteiger partial charge in [0.2, 0.25) is 0 Å². The molecule has 0 aliphatic carbocycles. The van der Waals surface area contributed by atoms with Crippen LogP contribution in [0.15, 0.2) is 0 Å². The van der Waals surface area contributed by atoms with Gasteiger partial charge in [-0.2, -0.15) is 0 Å². The van der Waals surface area contributed by atoms with E-state index in [0.29, 0.717) is 4.48 Å². The van der Waals surface area contributed by atoms with Crippen molar-refractivity contribution in [2.45, 2.75) is 19.6 Å². The summed E-state index contributed by atoms with van der Waals surface area (Å²) in [5.41, 5.74) is 0. The summed E-state index contributed by atoms with van der Waals surface area (Å²) in [6, 6.07) is 0. The van der Waals surface area contributed by atoms with E-state index in [2.05, 4.69) is 19.6 Å². The Kier molecular flexibility index (Phi) is 6.14. The molecule has 0 atom stereocenters. The molecular formula is C8H20BrNO2Si. The summed E-state index contributed by atoms with van der Waals surface area (Å²) in [6.45, 7) is 6.83. The van der Waals surface area contributed by atoms with E-state index in [0.717, 1.165) is 6.17 Å². The van der Waals surface area contributed by atoms with E-state index in [9.17, 15) is 9.90 Å². The van der Waals surface area contributed by atoms with Crippen LogP contribution < -0.4 is 5.11 Å². The van der Waals surface area contributed by atoms with Crippen molar-refractivity contribution in [1.82, 2.24) is 0 Å². The average Bonchev–Trinajstić information content (AvgIpc) is 1.48. The fourth-order valence-corrected chi connectivity index (χ4v) is 4.37. The molecule has 0 aromatic carbocycles. The van der Waals surface area contributed by atoms with Crippen LogP contribution in [-0.2, 0) is 4.79 Å². The number of carboxylic acid groups (broad SMARTS) is 1. The zero-order valence-corrected chi connectivity index (χ0v) is 11.8. The maximum absolute atomic E-state index is 10.4. The molecule has 0 aliphatic rings. The molecule has 0 aromatic rings. The first-order valence-corrected chi connectivity index (χ1v) is 7.85. The van der Waals surface area contributed by atoms with E-state index in [-0.39, 0.29) is 23.5 Å². The topological polar surface area (TPSA) is 40.1 Å². The third-order valence-electron chi connectivity index (χ3n) is 1.46. The third-order valence-corrected chi connectivity index (χ3v) is 3.26. The Morgan fingerprint density at radius 3 is 1.92 bits per heavy atom. The van der Waals surface area contributed by atoms with Crippen molar-refractivity contribution >= 4 is 31.0 Å². The smallest absolute Gasteiger partial charge is 0.118 e. The van der Waals surface area contributed by atoms with Crippen molar-refractivity contribution in [3.63, 3.8) is 0 Å². The standard InChI is InChI=1S/C8H19NO2Si.BrH/c1-9(2,6-8(10)11)7-12(3,4)5;/h6-7H2,1-5H3;1H. The van der Waals surface area contributed by atoms with Crippen LogP contribution in [0.25, 0.3) is 0 Å². The molecule has 0 fully saturated rings. The van der Waals surface area contributed by atoms with Crippen LogP contribution in [0.1, 0.15) is 0 Å². The highest BCUT2D eigenvalue weighted by Crippen LogP contribution is 2.07. The second-order valence-electron chi connectivity index (χ2n) is 5.18. The summed E-state index contributed by atoms with van der Waals surface area (Å²) >= 11 is 0. The molecule has 0 N–H and O–H groups in total. The van der Waals surface area contributed by atoms with Gasteiger partial charge in [0.25, 0.3) is 0 Å². The van der Waals surface area contributed by atoms with Gasteiger partial charge in [0, 0.05) is 0 Å². The van der Waals surface area contributed by atoms with Gasteiger partial charge < -0.3 is 14.4 Å². The average molecular weight is 270 g/mol. The van der Waals surface area contributed by atoms with Crippen LogP contribution in [0.2, 0.25) is 19.6 Å². The third kappa shape index (κ3) is 10.0. The molecule has 0 spiro atoms. The molecule has 0 aromatic heterocycles. The minimum absolute atomic E-state index is 0. The van der Waals surface area contributed by atoms with E-state index in [1.54, 1.807) is 0 Å². The summed E-state index contributed by atoms with van der Waals surface area (Å²) in [4.78, 5) is 10.4. The lowest BCUT2D eigenvalue weighted by Crippen LogP contribution is -2.55. The van der Waals surface area contributed by atoms with Gasteiger partial charge in [-0.05, 0) is 0 Å². The normalized spacial score (nSPS) is 12.1. The molecule has 0 radical (unpaired) electrons. The highest BCUT2D eigenvalue weighted by Gasteiger charge is 2.26. The van der Waals surface area contributed by atoms with Crippen molar-refractivity contribution in [3.05, 3.63) is 0 Å². The molecule has 0 saturated carbocycles. The fraction of sp³-hybridized carbons (Fsp3) is 0.875. The molecule has 5 heteroatoms. The van der Waals surface area contributed by atoms with Crippen molar-refractivity contribution in [2.24, 2.45) is 0 Å². The van der Waals surface area contributed by atoms with Crippen LogP contribution in [-0.4, -0.2) is 45.3 Å². The first kappa shape index (κ1) is 15.6. The summed E-state index contributed by atoms with van der Waals surface area (Å²) in [6.07, 6.45) is 0.973. The van der Waals surface area contributed by atoms with E-state index in [1.165, 1.54) is 0 Å². The van der Waals surface area contributed by atoms with Crippen molar-refractivity contribution in [3.8, 4) is 0 Å². The molecule has 0 saturated heterocycles. The first-order chi connectivity index (χ1) is 5.12. The molecule has 0 rings (SSSR count). The number of quaternary nitrogens is 1. The van der Waals surface area contributed by atoms with Gasteiger partial charge in [0.1, 0.15) is 14.6 Å². The highest BCUT2D eigenvalue weighted by atomic mass is 79.9. The first-order valence-electron chi connectivity index (χ1n) is 4.14. The fourth-order valence-electron chi connectivity index (χ4n) is 1.69. The Morgan fingerprint density at radius 2 is 1.69 bits per heavy atom. The van der Waals surface area contributed by atoms with Crippen molar-refractivity contribution < 1.29 is 14.4 Å². The number of halogens is 1. The predicted molar refractivity (Wildman–Crippen MR) is 60.5 cm³/mol. The van der Waals surface area contributed by atoms with Crippen LogP contribution >= 0.6 is 17.0 Å². The van der Waals surface area contributed by atoms with Gasteiger partial charge in [-0.3, -0.25) is 0 Å². The molecule has 0 unspecified atom stereocenters. The van der Waals surface area contributed by atoms with Crippen LogP contribution in [0.5, 0.6) is 0 Å². The SMILES string of the molecule is Br.C[N+](C)(CC(=O)[O-])C[Si](C)(C)C. The highest BCUT2D eigenvalue weighted by molar-refractivity contribution is 8.93. The Balaban J connectivity index is 0. The summed E-state index contributed by atoms with van der Waals surface area (Å²) < 4.78 is 0.540. The van der Waals surface area contributed by atoms with E-state index >= 15 is 0 Å².